The first-order valence-electron chi connectivity index (χ1n) is 8.89. The highest BCUT2D eigenvalue weighted by molar-refractivity contribution is 5.42. The number of hydrogen-bond donors (Lipinski definition) is 1. The Morgan fingerprint density at radius 2 is 1.69 bits per heavy atom. The summed E-state index contributed by atoms with van der Waals surface area (Å²) in [5, 5.41) is 10.3. The molecule has 0 heterocycles. The van der Waals surface area contributed by atoms with Gasteiger partial charge in [-0.05, 0) is 29.8 Å². The first kappa shape index (κ1) is 20.2. The molecule has 1 N–H and O–H groups in total. The van der Waals surface area contributed by atoms with E-state index in [9.17, 15) is 5.11 Å². The zero-order valence-electron chi connectivity index (χ0n) is 15.9. The zero-order chi connectivity index (χ0) is 18.8. The van der Waals surface area contributed by atoms with Gasteiger partial charge in [-0.1, -0.05) is 43.3 Å². The minimum absolute atomic E-state index is 0.291. The van der Waals surface area contributed by atoms with Crippen LogP contribution in [0.15, 0.2) is 48.5 Å². The van der Waals surface area contributed by atoms with Gasteiger partial charge >= 0.3 is 0 Å². The van der Waals surface area contributed by atoms with Gasteiger partial charge in [0, 0.05) is 13.1 Å². The molecule has 2 aromatic rings. The fraction of sp³-hybridized carbons (Fsp3) is 0.429. The molecule has 2 aromatic carbocycles. The summed E-state index contributed by atoms with van der Waals surface area (Å²) in [6, 6.07) is 16.0. The van der Waals surface area contributed by atoms with Gasteiger partial charge in [0.25, 0.3) is 0 Å². The smallest absolute Gasteiger partial charge is 0.161 e. The lowest BCUT2D eigenvalue weighted by molar-refractivity contribution is 0.00936. The van der Waals surface area contributed by atoms with Crippen LogP contribution < -0.4 is 9.47 Å². The maximum atomic E-state index is 10.3. The van der Waals surface area contributed by atoms with Crippen molar-refractivity contribution < 1.29 is 19.3 Å². The molecule has 0 spiro atoms. The number of aliphatic hydroxyl groups is 1. The molecule has 1 atom stereocenters. The predicted molar refractivity (Wildman–Crippen MR) is 103 cm³/mol. The summed E-state index contributed by atoms with van der Waals surface area (Å²) in [6.07, 6.45) is -0.529. The van der Waals surface area contributed by atoms with Crippen LogP contribution in [0.3, 0.4) is 0 Å². The summed E-state index contributed by atoms with van der Waals surface area (Å²) in [5.74, 6) is 1.37. The van der Waals surface area contributed by atoms with E-state index in [0.717, 1.165) is 18.7 Å². The van der Waals surface area contributed by atoms with Crippen molar-refractivity contribution in [1.82, 2.24) is 4.90 Å². The van der Waals surface area contributed by atoms with Crippen molar-refractivity contribution in [3.8, 4) is 11.5 Å². The Hall–Kier alpha value is -2.08. The minimum atomic E-state index is -0.529. The quantitative estimate of drug-likeness (QED) is 0.668. The second kappa shape index (κ2) is 10.8. The number of hydrogen-bond acceptors (Lipinski definition) is 5. The van der Waals surface area contributed by atoms with Gasteiger partial charge in [-0.25, -0.2) is 0 Å². The Bertz CT molecular complexity index is 648. The van der Waals surface area contributed by atoms with Crippen molar-refractivity contribution in [1.29, 1.82) is 0 Å². The molecule has 0 radical (unpaired) electrons. The number of rotatable bonds is 11. The molecule has 0 saturated carbocycles. The van der Waals surface area contributed by atoms with Crippen LogP contribution in [0.2, 0.25) is 0 Å². The van der Waals surface area contributed by atoms with Crippen molar-refractivity contribution in [2.45, 2.75) is 26.2 Å². The van der Waals surface area contributed by atoms with Gasteiger partial charge in [0.2, 0.25) is 0 Å². The predicted octanol–water partition coefficient (Wildman–Crippen LogP) is 3.10. The molecule has 0 aromatic heterocycles. The molecular formula is C21H29NO4. The van der Waals surface area contributed by atoms with E-state index in [1.807, 2.05) is 36.4 Å². The average molecular weight is 359 g/mol. The first-order chi connectivity index (χ1) is 12.7. The highest BCUT2D eigenvalue weighted by Gasteiger charge is 2.12. The molecule has 5 nitrogen and oxygen atoms in total. The van der Waals surface area contributed by atoms with Crippen molar-refractivity contribution in [3.05, 3.63) is 59.7 Å². The van der Waals surface area contributed by atoms with Crippen LogP contribution in [0.5, 0.6) is 11.5 Å². The summed E-state index contributed by atoms with van der Waals surface area (Å²) >= 11 is 0. The van der Waals surface area contributed by atoms with Crippen molar-refractivity contribution in [3.63, 3.8) is 0 Å². The second-order valence-electron chi connectivity index (χ2n) is 6.17. The lowest BCUT2D eigenvalue weighted by Gasteiger charge is -2.23. The van der Waals surface area contributed by atoms with E-state index in [4.69, 9.17) is 14.2 Å². The summed E-state index contributed by atoms with van der Waals surface area (Å²) in [7, 11) is 3.22. The maximum Gasteiger partial charge on any atom is 0.161 e. The number of ether oxygens (including phenoxy) is 3. The van der Waals surface area contributed by atoms with Crippen molar-refractivity contribution in [2.24, 2.45) is 0 Å². The van der Waals surface area contributed by atoms with Gasteiger partial charge in [0.05, 0.1) is 33.5 Å². The van der Waals surface area contributed by atoms with Crippen LogP contribution in [0.25, 0.3) is 0 Å². The van der Waals surface area contributed by atoms with E-state index in [2.05, 4.69) is 24.0 Å². The van der Waals surface area contributed by atoms with Crippen molar-refractivity contribution in [2.75, 3.05) is 33.9 Å². The van der Waals surface area contributed by atoms with Crippen molar-refractivity contribution >= 4 is 0 Å². The summed E-state index contributed by atoms with van der Waals surface area (Å²) in [5.41, 5.74) is 2.22. The van der Waals surface area contributed by atoms with E-state index in [-0.39, 0.29) is 0 Å². The van der Waals surface area contributed by atoms with Gasteiger partial charge in [0.15, 0.2) is 11.5 Å². The third kappa shape index (κ3) is 6.33. The Balaban J connectivity index is 1.78. The van der Waals surface area contributed by atoms with E-state index in [1.54, 1.807) is 14.2 Å². The van der Waals surface area contributed by atoms with E-state index in [1.165, 1.54) is 5.56 Å². The number of aliphatic hydroxyl groups excluding tert-OH is 1. The molecule has 0 saturated heterocycles. The van der Waals surface area contributed by atoms with E-state index >= 15 is 0 Å². The molecule has 0 fully saturated rings. The molecule has 0 bridgehead atoms. The molecular weight excluding hydrogens is 330 g/mol. The van der Waals surface area contributed by atoms with Crippen LogP contribution in [0.1, 0.15) is 18.1 Å². The molecule has 142 valence electrons. The molecule has 5 heteroatoms. The summed E-state index contributed by atoms with van der Waals surface area (Å²) in [6.45, 7) is 5.09. The topological polar surface area (TPSA) is 51.2 Å². The lowest BCUT2D eigenvalue weighted by Crippen LogP contribution is -2.34. The molecule has 0 amide bonds. The van der Waals surface area contributed by atoms with Crippen LogP contribution in [0, 0.1) is 0 Å². The SMILES string of the molecule is CCN(Cc1ccccc1)CC(O)COCc1ccc(OC)c(OC)c1. The Kier molecular flexibility index (Phi) is 8.41. The molecule has 0 aliphatic heterocycles. The third-order valence-corrected chi connectivity index (χ3v) is 4.19. The molecule has 2 rings (SSSR count). The fourth-order valence-electron chi connectivity index (χ4n) is 2.78. The maximum absolute atomic E-state index is 10.3. The summed E-state index contributed by atoms with van der Waals surface area (Å²) in [4.78, 5) is 2.21. The molecule has 1 unspecified atom stereocenters. The number of likely N-dealkylation sites (N-methyl/N-ethyl adjacent to an activating group) is 1. The van der Waals surface area contributed by atoms with Gasteiger partial charge in [-0.2, -0.15) is 0 Å². The fourth-order valence-corrected chi connectivity index (χ4v) is 2.78. The van der Waals surface area contributed by atoms with Crippen LogP contribution in [-0.4, -0.2) is 50.0 Å². The van der Waals surface area contributed by atoms with Crippen LogP contribution in [-0.2, 0) is 17.9 Å². The number of methoxy groups -OCH3 is 2. The molecule has 0 aliphatic carbocycles. The van der Waals surface area contributed by atoms with Gasteiger partial charge < -0.3 is 19.3 Å². The normalized spacial score (nSPS) is 12.2. The third-order valence-electron chi connectivity index (χ3n) is 4.19. The standard InChI is InChI=1S/C21H29NO4/c1-4-22(13-17-8-6-5-7-9-17)14-19(23)16-26-15-18-10-11-20(24-2)21(12-18)25-3/h5-12,19,23H,4,13-16H2,1-3H3. The largest absolute Gasteiger partial charge is 0.493 e. The van der Waals surface area contributed by atoms with Gasteiger partial charge in [0.1, 0.15) is 0 Å². The number of benzene rings is 2. The van der Waals surface area contributed by atoms with Crippen LogP contribution >= 0.6 is 0 Å². The first-order valence-corrected chi connectivity index (χ1v) is 8.89. The van der Waals surface area contributed by atoms with Gasteiger partial charge in [-0.3, -0.25) is 4.90 Å². The lowest BCUT2D eigenvalue weighted by atomic mass is 10.2. The van der Waals surface area contributed by atoms with Crippen LogP contribution in [0.4, 0.5) is 0 Å². The van der Waals surface area contributed by atoms with E-state index < -0.39 is 6.10 Å². The van der Waals surface area contributed by atoms with E-state index in [0.29, 0.717) is 31.3 Å². The summed E-state index contributed by atoms with van der Waals surface area (Å²) < 4.78 is 16.2. The average Bonchev–Trinajstić information content (AvgIpc) is 2.68. The van der Waals surface area contributed by atoms with Gasteiger partial charge in [-0.15, -0.1) is 0 Å². The highest BCUT2D eigenvalue weighted by atomic mass is 16.5. The Labute approximate surface area is 156 Å². The highest BCUT2D eigenvalue weighted by Crippen LogP contribution is 2.27. The monoisotopic (exact) mass is 359 g/mol. The Morgan fingerprint density at radius 3 is 2.35 bits per heavy atom. The number of nitrogens with zero attached hydrogens (tertiary/aromatic N) is 1. The Morgan fingerprint density at radius 1 is 0.962 bits per heavy atom. The zero-order valence-corrected chi connectivity index (χ0v) is 15.9. The molecule has 26 heavy (non-hydrogen) atoms. The second-order valence-corrected chi connectivity index (χ2v) is 6.17. The minimum Gasteiger partial charge on any atom is -0.493 e. The molecule has 0 aliphatic rings.